The number of amides is 13. The highest BCUT2D eigenvalue weighted by Gasteiger charge is 2.40. The van der Waals surface area contributed by atoms with Crippen LogP contribution in [0.2, 0.25) is 5.02 Å². The third-order valence-electron chi connectivity index (χ3n) is 19.1. The second kappa shape index (κ2) is 49.9. The van der Waals surface area contributed by atoms with Crippen molar-refractivity contribution in [3.8, 4) is 0 Å². The Bertz CT molecular complexity index is 4320. The Kier molecular flexibility index (Phi) is 40.2. The third kappa shape index (κ3) is 33.4. The van der Waals surface area contributed by atoms with E-state index in [9.17, 15) is 57.8 Å². The molecule has 636 valence electrons. The molecule has 7 rings (SSSR count). The Hall–Kier alpha value is -11.8. The zero-order valence-electron chi connectivity index (χ0n) is 67.7. The summed E-state index contributed by atoms with van der Waals surface area (Å²) in [6, 6.07) is 15.9. The Morgan fingerprint density at radius 3 is 1.42 bits per heavy atom. The highest BCUT2D eigenvalue weighted by Crippen LogP contribution is 2.23. The number of carboxylic acids is 1. The highest BCUT2D eigenvalue weighted by atomic mass is 35.5. The van der Waals surface area contributed by atoms with E-state index in [0.717, 1.165) is 17.7 Å². The Balaban J connectivity index is 0.00000528. The van der Waals surface area contributed by atoms with Crippen LogP contribution in [0, 0.1) is 5.92 Å². The molecular formula is C84H112ClN17O16. The van der Waals surface area contributed by atoms with E-state index in [1.807, 2.05) is 70.2 Å². The van der Waals surface area contributed by atoms with Crippen LogP contribution >= 0.6 is 11.6 Å². The van der Waals surface area contributed by atoms with Gasteiger partial charge in [0.25, 0.3) is 17.8 Å². The molecular weight excluding hydrogens is 1540 g/mol. The molecule has 3 aromatic heterocycles. The summed E-state index contributed by atoms with van der Waals surface area (Å²) in [4.78, 5) is 206. The average Bonchev–Trinajstić information content (AvgIpc) is 1.52. The fourth-order valence-corrected chi connectivity index (χ4v) is 13.1. The monoisotopic (exact) mass is 1650 g/mol. The van der Waals surface area contributed by atoms with Gasteiger partial charge in [-0.3, -0.25) is 82.1 Å². The van der Waals surface area contributed by atoms with Gasteiger partial charge in [0, 0.05) is 101 Å². The van der Waals surface area contributed by atoms with Crippen molar-refractivity contribution in [1.82, 2.24) is 83.7 Å². The van der Waals surface area contributed by atoms with E-state index >= 15 is 9.59 Å². The van der Waals surface area contributed by atoms with Crippen molar-refractivity contribution in [2.24, 2.45) is 11.7 Å². The average molecular weight is 1650 g/mol. The number of carbonyl (C=O) groups excluding carboxylic acids is 13. The lowest BCUT2D eigenvalue weighted by Gasteiger charge is -2.31. The summed E-state index contributed by atoms with van der Waals surface area (Å²) in [6.07, 6.45) is 10.9. The molecule has 4 heterocycles. The van der Waals surface area contributed by atoms with E-state index in [1.54, 1.807) is 60.7 Å². The van der Waals surface area contributed by atoms with E-state index in [4.69, 9.17) is 27.2 Å². The summed E-state index contributed by atoms with van der Waals surface area (Å²) in [6.45, 7) is 11.3. The van der Waals surface area contributed by atoms with E-state index in [2.05, 4.69) is 78.8 Å². The molecule has 6 aromatic rings. The zero-order chi connectivity index (χ0) is 86.2. The first kappa shape index (κ1) is 95.0. The number of aliphatic hydroxyl groups excluding tert-OH is 1. The fourth-order valence-electron chi connectivity index (χ4n) is 13.0. The first-order valence-corrected chi connectivity index (χ1v) is 40.1. The lowest BCUT2D eigenvalue weighted by molar-refractivity contribution is -0.142. The third-order valence-corrected chi connectivity index (χ3v) is 19.4. The van der Waals surface area contributed by atoms with Crippen LogP contribution in [0.15, 0.2) is 140 Å². The van der Waals surface area contributed by atoms with E-state index in [0.29, 0.717) is 53.1 Å². The number of aliphatic hydroxyl groups is 1. The molecule has 10 atom stereocenters. The van der Waals surface area contributed by atoms with Gasteiger partial charge in [0.15, 0.2) is 0 Å². The van der Waals surface area contributed by atoms with E-state index in [-0.39, 0.29) is 114 Å². The predicted molar refractivity (Wildman–Crippen MR) is 441 cm³/mol. The molecule has 16 N–H and O–H groups in total. The molecule has 13 amide bonds. The second-order valence-electron chi connectivity index (χ2n) is 29.7. The van der Waals surface area contributed by atoms with Crippen molar-refractivity contribution >= 4 is 105 Å². The number of aromatic nitrogens is 3. The minimum Gasteiger partial charge on any atom is -0.481 e. The summed E-state index contributed by atoms with van der Waals surface area (Å²) in [5.41, 5.74) is 7.74. The number of aliphatic carboxylic acids is 1. The number of carboxylic acid groups (broad SMARTS) is 1. The number of primary amides is 1. The van der Waals surface area contributed by atoms with Crippen molar-refractivity contribution in [2.75, 3.05) is 32.8 Å². The molecule has 1 saturated heterocycles. The normalized spacial score (nSPS) is 14.6. The number of nitrogens with zero attached hydrogens (tertiary/aromatic N) is 4. The Morgan fingerprint density at radius 2 is 0.924 bits per heavy atom. The van der Waals surface area contributed by atoms with E-state index in [1.165, 1.54) is 55.9 Å². The van der Waals surface area contributed by atoms with Gasteiger partial charge in [0.2, 0.25) is 65.0 Å². The number of hydrogen-bond donors (Lipinski definition) is 15. The van der Waals surface area contributed by atoms with Gasteiger partial charge in [0.1, 0.15) is 60.4 Å². The summed E-state index contributed by atoms with van der Waals surface area (Å²) < 4.78 is 0. The Labute approximate surface area is 691 Å². The zero-order valence-corrected chi connectivity index (χ0v) is 68.5. The molecule has 0 aliphatic carbocycles. The SMILES string of the molecule is CC(=O)N[C@H](Cc1ccc2ccccc2c1)C(=O)N[C@H](Cc1ccc(Cl)cc1)C(=O)N[C@H](Cc1cccnc1)C(=O)N[C@@H](CO)C(=O)N[C@@H](CCCCNC(=O)c1cccnc1)C(=O)N[C@H](CCCCNC(=O)c1cccnc1)C(=O)N[C@@H](CC(C)C)C(=O)N[C@@H](CCCCNC(C)C)C(=O)N1CCC[C@H]1C(=O)N[C@H](C)C(N)=O.CC(=O)O. The number of unbranched alkanes of at least 4 members (excludes halogenated alkanes) is 3. The molecule has 33 nitrogen and oxygen atoms in total. The first-order chi connectivity index (χ1) is 56.4. The number of halogens is 1. The van der Waals surface area contributed by atoms with Crippen LogP contribution in [0.1, 0.15) is 163 Å². The molecule has 0 saturated carbocycles. The summed E-state index contributed by atoms with van der Waals surface area (Å²) in [5.74, 6) is -10.6. The van der Waals surface area contributed by atoms with Crippen LogP contribution in [-0.2, 0) is 76.8 Å². The quantitative estimate of drug-likeness (QED) is 0.0244. The molecule has 0 radical (unpaired) electrons. The summed E-state index contributed by atoms with van der Waals surface area (Å²) in [5, 5.41) is 54.2. The smallest absolute Gasteiger partial charge is 0.300 e. The number of carbonyl (C=O) groups is 14. The van der Waals surface area contributed by atoms with Gasteiger partial charge in [0.05, 0.1) is 17.7 Å². The lowest BCUT2D eigenvalue weighted by atomic mass is 9.99. The molecule has 34 heteroatoms. The van der Waals surface area contributed by atoms with Gasteiger partial charge in [-0.25, -0.2) is 0 Å². The largest absolute Gasteiger partial charge is 0.481 e. The van der Waals surface area contributed by atoms with Gasteiger partial charge in [-0.05, 0) is 166 Å². The van der Waals surface area contributed by atoms with Crippen LogP contribution in [-0.4, -0.2) is 212 Å². The number of fused-ring (bicyclic) bond motifs is 1. The summed E-state index contributed by atoms with van der Waals surface area (Å²) in [7, 11) is 0. The van der Waals surface area contributed by atoms with Crippen molar-refractivity contribution in [3.05, 3.63) is 173 Å². The van der Waals surface area contributed by atoms with Crippen LogP contribution in [0.25, 0.3) is 10.8 Å². The molecule has 0 bridgehead atoms. The predicted octanol–water partition coefficient (Wildman–Crippen LogP) is 3.08. The minimum absolute atomic E-state index is 0.0277. The van der Waals surface area contributed by atoms with Gasteiger partial charge >= 0.3 is 0 Å². The number of pyridine rings is 3. The van der Waals surface area contributed by atoms with Crippen molar-refractivity contribution < 1.29 is 77.3 Å². The maximum absolute atomic E-state index is 15.2. The van der Waals surface area contributed by atoms with Crippen molar-refractivity contribution in [1.29, 1.82) is 0 Å². The van der Waals surface area contributed by atoms with Gasteiger partial charge < -0.3 is 84.6 Å². The van der Waals surface area contributed by atoms with Gasteiger partial charge in [-0.1, -0.05) is 100.0 Å². The van der Waals surface area contributed by atoms with Crippen LogP contribution in [0.5, 0.6) is 0 Å². The number of nitrogens with two attached hydrogens (primary N) is 1. The maximum atomic E-state index is 15.2. The van der Waals surface area contributed by atoms with Crippen LogP contribution in [0.4, 0.5) is 0 Å². The number of nitrogens with one attached hydrogen (secondary N) is 12. The Morgan fingerprint density at radius 1 is 0.483 bits per heavy atom. The molecule has 1 fully saturated rings. The van der Waals surface area contributed by atoms with Gasteiger partial charge in [-0.2, -0.15) is 0 Å². The van der Waals surface area contributed by atoms with Crippen LogP contribution < -0.4 is 69.5 Å². The van der Waals surface area contributed by atoms with Gasteiger partial charge in [-0.15, -0.1) is 0 Å². The maximum Gasteiger partial charge on any atom is 0.300 e. The van der Waals surface area contributed by atoms with Crippen molar-refractivity contribution in [3.63, 3.8) is 0 Å². The number of benzene rings is 3. The number of rotatable bonds is 46. The van der Waals surface area contributed by atoms with Crippen LogP contribution in [0.3, 0.4) is 0 Å². The minimum atomic E-state index is -1.83. The first-order valence-electron chi connectivity index (χ1n) is 39.7. The number of likely N-dealkylation sites (tertiary alicyclic amines) is 1. The highest BCUT2D eigenvalue weighted by molar-refractivity contribution is 6.30. The second-order valence-corrected chi connectivity index (χ2v) is 30.1. The fraction of sp³-hybridized carbons (Fsp3) is 0.464. The lowest BCUT2D eigenvalue weighted by Crippen LogP contribution is -2.61. The molecule has 0 unspecified atom stereocenters. The molecule has 118 heavy (non-hydrogen) atoms. The molecule has 3 aromatic carbocycles. The number of hydrogen-bond acceptors (Lipinski definition) is 19. The standard InChI is InChI=1S/C82H108ClN17O14.C2H4O2/c1-50(2)41-65(76(108)95-64(26-11-12-37-88-51(3)4)82(114)100-40-18-27-70(100)81(113)91-52(5)71(84)103)96-75(107)63(25-10-14-39-90-73(105)60-23-17-36-87-48-60)93-74(106)62(24-9-13-38-89-72(104)59-22-16-35-86-47-59)94-80(112)69(49-101)99-79(111)68(45-56-19-15-34-85-46-56)98-78(110)67(43-54-29-32-61(83)33-30-54)97-77(109)66(92-53(6)102)44-55-28-31-57-20-7-8-21-58(57)42-55;1-2(3)4/h7-8,15-17,19-23,28-36,42,46-48,50-52,62-70,88,101H,9-14,18,24-27,37-41,43-45,49H2,1-6H3,(H2,84,103)(H,89,104)(H,90,105)(H,91,113)(H,92,102)(H,93,106)(H,94,112)(H,95,108)(H,96,107)(H,97,109)(H,98,110)(H,99,111);1H3,(H,3,4)/t52-,62+,63-,64+,65+,66-,67-,68-,69+,70+;/m1./s1. The molecule has 0 spiro atoms. The summed E-state index contributed by atoms with van der Waals surface area (Å²) >= 11 is 6.27. The molecule has 1 aliphatic rings. The van der Waals surface area contributed by atoms with Crippen molar-refractivity contribution in [2.45, 2.75) is 211 Å². The molecule has 1 aliphatic heterocycles. The van der Waals surface area contributed by atoms with E-state index < -0.39 is 150 Å². The topological polar surface area (TPSA) is 492 Å².